The van der Waals surface area contributed by atoms with Crippen LogP contribution in [0.2, 0.25) is 0 Å². The second-order valence-electron chi connectivity index (χ2n) is 5.31. The van der Waals surface area contributed by atoms with Gasteiger partial charge in [0, 0.05) is 18.9 Å². The van der Waals surface area contributed by atoms with Gasteiger partial charge in [-0.15, -0.1) is 5.10 Å². The van der Waals surface area contributed by atoms with E-state index in [4.69, 9.17) is 0 Å². The van der Waals surface area contributed by atoms with Crippen molar-refractivity contribution >= 4 is 5.65 Å². The molecule has 0 aliphatic carbocycles. The number of rotatable bonds is 4. The van der Waals surface area contributed by atoms with Gasteiger partial charge in [0.05, 0.1) is 0 Å². The van der Waals surface area contributed by atoms with Crippen LogP contribution < -0.4 is 5.56 Å². The van der Waals surface area contributed by atoms with E-state index in [-0.39, 0.29) is 5.56 Å². The van der Waals surface area contributed by atoms with E-state index < -0.39 is 0 Å². The molecule has 0 bridgehead atoms. The van der Waals surface area contributed by atoms with Crippen LogP contribution in [0.15, 0.2) is 35.4 Å². The summed E-state index contributed by atoms with van der Waals surface area (Å²) in [5.41, 5.74) is 0.848. The average Bonchev–Trinajstić information content (AvgIpc) is 2.94. The third-order valence-corrected chi connectivity index (χ3v) is 3.30. The van der Waals surface area contributed by atoms with Gasteiger partial charge < -0.3 is 0 Å². The first kappa shape index (κ1) is 13.4. The van der Waals surface area contributed by atoms with E-state index in [1.54, 1.807) is 23.0 Å². The summed E-state index contributed by atoms with van der Waals surface area (Å²) in [6.07, 6.45) is 4.17. The topological polar surface area (TPSA) is 78.0 Å². The van der Waals surface area contributed by atoms with Crippen LogP contribution in [0.4, 0.5) is 0 Å². The molecule has 7 nitrogen and oxygen atoms in total. The zero-order valence-electron chi connectivity index (χ0n) is 12.0. The van der Waals surface area contributed by atoms with Crippen LogP contribution in [0.1, 0.15) is 20.3 Å². The Bertz CT molecular complexity index is 819. The normalized spacial score (nSPS) is 11.4. The number of aromatic nitrogens is 6. The molecule has 0 radical (unpaired) electrons. The summed E-state index contributed by atoms with van der Waals surface area (Å²) in [4.78, 5) is 16.8. The summed E-state index contributed by atoms with van der Waals surface area (Å²) in [5, 5.41) is 11.6. The van der Waals surface area contributed by atoms with Gasteiger partial charge in [-0.3, -0.25) is 9.20 Å². The molecular weight excluding hydrogens is 268 g/mol. The van der Waals surface area contributed by atoms with Gasteiger partial charge in [-0.2, -0.15) is 0 Å². The highest BCUT2D eigenvalue weighted by atomic mass is 16.1. The standard InChI is InChI=1S/C14H16N6O/c1-10(2)6-8-20-13(16-17-18-20)11-9-15-12-5-3-4-7-19(12)14(11)21/h3-5,7,9-10H,6,8H2,1-2H3. The first-order valence-corrected chi connectivity index (χ1v) is 6.90. The van der Waals surface area contributed by atoms with Crippen LogP contribution in [0.3, 0.4) is 0 Å². The molecule has 3 aromatic rings. The van der Waals surface area contributed by atoms with Crippen molar-refractivity contribution in [3.8, 4) is 11.4 Å². The van der Waals surface area contributed by atoms with Crippen LogP contribution in [-0.4, -0.2) is 29.6 Å². The summed E-state index contributed by atoms with van der Waals surface area (Å²) in [7, 11) is 0. The molecule has 0 aliphatic rings. The van der Waals surface area contributed by atoms with Crippen molar-refractivity contribution < 1.29 is 0 Å². The fourth-order valence-electron chi connectivity index (χ4n) is 2.11. The van der Waals surface area contributed by atoms with Gasteiger partial charge >= 0.3 is 0 Å². The highest BCUT2D eigenvalue weighted by Crippen LogP contribution is 2.12. The van der Waals surface area contributed by atoms with Gasteiger partial charge in [-0.25, -0.2) is 9.67 Å². The van der Waals surface area contributed by atoms with Gasteiger partial charge in [-0.05, 0) is 34.9 Å². The van der Waals surface area contributed by atoms with Crippen LogP contribution >= 0.6 is 0 Å². The van der Waals surface area contributed by atoms with Gasteiger partial charge in [0.1, 0.15) is 11.2 Å². The molecule has 0 unspecified atom stereocenters. The van der Waals surface area contributed by atoms with E-state index in [1.165, 1.54) is 10.6 Å². The Balaban J connectivity index is 2.07. The zero-order valence-corrected chi connectivity index (χ0v) is 12.0. The number of aryl methyl sites for hydroxylation is 1. The van der Waals surface area contributed by atoms with Crippen LogP contribution in [0, 0.1) is 5.92 Å². The summed E-state index contributed by atoms with van der Waals surface area (Å²) in [5.74, 6) is 1.00. The highest BCUT2D eigenvalue weighted by molar-refractivity contribution is 5.54. The number of hydrogen-bond acceptors (Lipinski definition) is 5. The quantitative estimate of drug-likeness (QED) is 0.723. The molecule has 21 heavy (non-hydrogen) atoms. The van der Waals surface area contributed by atoms with Crippen molar-refractivity contribution in [2.24, 2.45) is 5.92 Å². The van der Waals surface area contributed by atoms with Crippen molar-refractivity contribution in [1.29, 1.82) is 0 Å². The summed E-state index contributed by atoms with van der Waals surface area (Å²) in [6.45, 7) is 4.95. The molecule has 0 aromatic carbocycles. The summed E-state index contributed by atoms with van der Waals surface area (Å²) in [6, 6.07) is 5.42. The Morgan fingerprint density at radius 1 is 1.29 bits per heavy atom. The molecule has 0 N–H and O–H groups in total. The molecule has 7 heteroatoms. The first-order valence-electron chi connectivity index (χ1n) is 6.90. The molecule has 3 heterocycles. The third kappa shape index (κ3) is 2.54. The maximum atomic E-state index is 12.5. The van der Waals surface area contributed by atoms with Crippen LogP contribution in [0.5, 0.6) is 0 Å². The lowest BCUT2D eigenvalue weighted by molar-refractivity contribution is 0.481. The second-order valence-corrected chi connectivity index (χ2v) is 5.31. The third-order valence-electron chi connectivity index (χ3n) is 3.30. The lowest BCUT2D eigenvalue weighted by Gasteiger charge is -2.07. The lowest BCUT2D eigenvalue weighted by atomic mass is 10.1. The van der Waals surface area contributed by atoms with E-state index >= 15 is 0 Å². The number of tetrazole rings is 1. The maximum absolute atomic E-state index is 12.5. The second kappa shape index (κ2) is 5.43. The maximum Gasteiger partial charge on any atom is 0.269 e. The molecule has 0 spiro atoms. The summed E-state index contributed by atoms with van der Waals surface area (Å²) >= 11 is 0. The van der Waals surface area contributed by atoms with E-state index in [1.807, 2.05) is 6.07 Å². The van der Waals surface area contributed by atoms with E-state index in [9.17, 15) is 4.79 Å². The molecule has 3 aromatic heterocycles. The molecule has 0 aliphatic heterocycles. The molecular formula is C14H16N6O. The lowest BCUT2D eigenvalue weighted by Crippen LogP contribution is -2.18. The number of nitrogens with zero attached hydrogens (tertiary/aromatic N) is 6. The molecule has 0 fully saturated rings. The Labute approximate surface area is 121 Å². The van der Waals surface area contributed by atoms with Crippen molar-refractivity contribution in [2.75, 3.05) is 0 Å². The first-order chi connectivity index (χ1) is 10.2. The molecule has 3 rings (SSSR count). The van der Waals surface area contributed by atoms with Gasteiger partial charge in [0.2, 0.25) is 0 Å². The van der Waals surface area contributed by atoms with Crippen molar-refractivity contribution in [2.45, 2.75) is 26.8 Å². The smallest absolute Gasteiger partial charge is 0.268 e. The predicted molar refractivity (Wildman–Crippen MR) is 77.7 cm³/mol. The van der Waals surface area contributed by atoms with Crippen molar-refractivity contribution in [1.82, 2.24) is 29.6 Å². The molecule has 0 saturated heterocycles. The average molecular weight is 284 g/mol. The summed E-state index contributed by atoms with van der Waals surface area (Å²) < 4.78 is 3.16. The largest absolute Gasteiger partial charge is 0.269 e. The molecule has 0 saturated carbocycles. The fraction of sp³-hybridized carbons (Fsp3) is 0.357. The fourth-order valence-corrected chi connectivity index (χ4v) is 2.11. The SMILES string of the molecule is CC(C)CCn1nnnc1-c1cnc2ccccn2c1=O. The Kier molecular flexibility index (Phi) is 3.47. The predicted octanol–water partition coefficient (Wildman–Crippen LogP) is 1.39. The van der Waals surface area contributed by atoms with Gasteiger partial charge in [-0.1, -0.05) is 19.9 Å². The minimum atomic E-state index is -0.166. The van der Waals surface area contributed by atoms with Crippen molar-refractivity contribution in [3.05, 3.63) is 40.9 Å². The minimum absolute atomic E-state index is 0.166. The zero-order chi connectivity index (χ0) is 14.8. The number of hydrogen-bond donors (Lipinski definition) is 0. The Hall–Kier alpha value is -2.57. The van der Waals surface area contributed by atoms with E-state index in [0.717, 1.165) is 6.42 Å². The molecule has 108 valence electrons. The minimum Gasteiger partial charge on any atom is -0.268 e. The van der Waals surface area contributed by atoms with Crippen LogP contribution in [0.25, 0.3) is 17.0 Å². The number of pyridine rings is 1. The Morgan fingerprint density at radius 2 is 2.14 bits per heavy atom. The Morgan fingerprint density at radius 3 is 2.95 bits per heavy atom. The van der Waals surface area contributed by atoms with E-state index in [0.29, 0.717) is 29.5 Å². The van der Waals surface area contributed by atoms with Crippen LogP contribution in [-0.2, 0) is 6.54 Å². The van der Waals surface area contributed by atoms with E-state index in [2.05, 4.69) is 34.4 Å². The number of fused-ring (bicyclic) bond motifs is 1. The molecule has 0 amide bonds. The van der Waals surface area contributed by atoms with Crippen molar-refractivity contribution in [3.63, 3.8) is 0 Å². The molecule has 0 atom stereocenters. The highest BCUT2D eigenvalue weighted by Gasteiger charge is 2.14. The van der Waals surface area contributed by atoms with Gasteiger partial charge in [0.15, 0.2) is 5.82 Å². The van der Waals surface area contributed by atoms with Gasteiger partial charge in [0.25, 0.3) is 5.56 Å². The monoisotopic (exact) mass is 284 g/mol.